The number of ketones is 1. The van der Waals surface area contributed by atoms with Crippen LogP contribution >= 0.6 is 0 Å². The third-order valence-electron chi connectivity index (χ3n) is 3.97. The quantitative estimate of drug-likeness (QED) is 0.663. The summed E-state index contributed by atoms with van der Waals surface area (Å²) in [7, 11) is -1.46. The Kier molecular flexibility index (Phi) is 5.54. The van der Waals surface area contributed by atoms with Crippen molar-refractivity contribution >= 4 is 19.4 Å². The number of ether oxygens (including phenoxy) is 1. The summed E-state index contributed by atoms with van der Waals surface area (Å²) in [5.41, 5.74) is 5.44. The molecule has 2 nitrogen and oxygen atoms in total. The molecule has 0 fully saturated rings. The normalized spacial score (nSPS) is 16.8. The lowest BCUT2D eigenvalue weighted by molar-refractivity contribution is -0.126. The van der Waals surface area contributed by atoms with E-state index >= 15 is 0 Å². The third-order valence-corrected chi connectivity index (χ3v) is 5.12. The summed E-state index contributed by atoms with van der Waals surface area (Å²) in [4.78, 5) is 12.9. The third kappa shape index (κ3) is 4.70. The summed E-state index contributed by atoms with van der Waals surface area (Å²) in [5.74, 6) is 0.691. The molecule has 0 atom stereocenters. The van der Waals surface area contributed by atoms with Crippen molar-refractivity contribution < 1.29 is 9.53 Å². The predicted molar refractivity (Wildman–Crippen MR) is 104 cm³/mol. The molecule has 24 heavy (non-hydrogen) atoms. The molecule has 130 valence electrons. The number of allylic oxidation sites excluding steroid dienone is 3. The van der Waals surface area contributed by atoms with Gasteiger partial charge < -0.3 is 4.74 Å². The zero-order valence-corrected chi connectivity index (χ0v) is 16.9. The molecular formula is C21H30O2Si. The number of benzene rings is 1. The maximum Gasteiger partial charge on any atom is 0.202 e. The number of hydrogen-bond acceptors (Lipinski definition) is 2. The fourth-order valence-electron chi connectivity index (χ4n) is 2.82. The molecular weight excluding hydrogens is 312 g/mol. The average molecular weight is 343 g/mol. The summed E-state index contributed by atoms with van der Waals surface area (Å²) in [5, 5.41) is 0. The lowest BCUT2D eigenvalue weighted by Crippen LogP contribution is -2.27. The van der Waals surface area contributed by atoms with Crippen LogP contribution < -0.4 is 0 Å². The monoisotopic (exact) mass is 342 g/mol. The van der Waals surface area contributed by atoms with E-state index < -0.39 is 13.5 Å². The Labute approximate surface area is 147 Å². The molecule has 1 aliphatic rings. The van der Waals surface area contributed by atoms with Crippen molar-refractivity contribution in [1.82, 2.24) is 0 Å². The smallest absolute Gasteiger partial charge is 0.202 e. The lowest BCUT2D eigenvalue weighted by atomic mass is 9.84. The molecule has 0 spiro atoms. The van der Waals surface area contributed by atoms with Crippen molar-refractivity contribution in [3.8, 4) is 0 Å². The van der Waals surface area contributed by atoms with Gasteiger partial charge in [-0.25, -0.2) is 0 Å². The van der Waals surface area contributed by atoms with Crippen LogP contribution in [0.4, 0.5) is 0 Å². The first-order chi connectivity index (χ1) is 11.1. The Morgan fingerprint density at radius 2 is 1.75 bits per heavy atom. The van der Waals surface area contributed by atoms with Gasteiger partial charge in [0.25, 0.3) is 0 Å². The molecule has 0 saturated carbocycles. The fourth-order valence-corrected chi connectivity index (χ4v) is 4.03. The summed E-state index contributed by atoms with van der Waals surface area (Å²) >= 11 is 0. The van der Waals surface area contributed by atoms with Gasteiger partial charge in [0, 0.05) is 11.0 Å². The first-order valence-electron chi connectivity index (χ1n) is 8.79. The van der Waals surface area contributed by atoms with Crippen LogP contribution in [0.25, 0.3) is 5.57 Å². The Hall–Kier alpha value is -1.61. The maximum absolute atomic E-state index is 12.9. The fraction of sp³-hybridized carbons (Fsp3) is 0.476. The highest BCUT2D eigenvalue weighted by molar-refractivity contribution is 6.81. The van der Waals surface area contributed by atoms with E-state index in [0.717, 1.165) is 18.4 Å². The molecule has 0 amide bonds. The second-order valence-corrected chi connectivity index (χ2v) is 13.6. The molecule has 1 heterocycles. The van der Waals surface area contributed by atoms with Gasteiger partial charge in [-0.2, -0.15) is 0 Å². The maximum atomic E-state index is 12.9. The Bertz CT molecular complexity index is 655. The Morgan fingerprint density at radius 1 is 1.12 bits per heavy atom. The molecule has 1 aliphatic heterocycles. The molecule has 0 unspecified atom stereocenters. The van der Waals surface area contributed by atoms with Crippen molar-refractivity contribution in [3.05, 3.63) is 52.9 Å². The molecule has 0 saturated heterocycles. The minimum atomic E-state index is -1.46. The van der Waals surface area contributed by atoms with Crippen LogP contribution in [-0.2, 0) is 9.53 Å². The van der Waals surface area contributed by atoms with Crippen LogP contribution in [0.2, 0.25) is 19.6 Å². The second kappa shape index (κ2) is 7.10. The standard InChI is InChI=1S/C21H30O2Si/c1-21(2,3)20(22)19-17(13-10-14-23-19)18(15-24(4,5)6)16-11-8-7-9-12-16/h7-9,11-12,15H,10,13-14H2,1-6H3/b18-15+. The van der Waals surface area contributed by atoms with Crippen LogP contribution in [0.3, 0.4) is 0 Å². The van der Waals surface area contributed by atoms with E-state index in [0.29, 0.717) is 12.4 Å². The highest BCUT2D eigenvalue weighted by atomic mass is 28.3. The summed E-state index contributed by atoms with van der Waals surface area (Å²) in [6, 6.07) is 10.4. The van der Waals surface area contributed by atoms with Crippen molar-refractivity contribution in [1.29, 1.82) is 0 Å². The highest BCUT2D eigenvalue weighted by Crippen LogP contribution is 2.36. The average Bonchev–Trinajstić information content (AvgIpc) is 2.51. The zero-order valence-electron chi connectivity index (χ0n) is 15.9. The number of Topliss-reactive ketones (excluding diaryl/α,β-unsaturated/α-hetero) is 1. The Balaban J connectivity index is 2.64. The second-order valence-electron chi connectivity index (χ2n) is 8.63. The van der Waals surface area contributed by atoms with Crippen molar-refractivity contribution in [2.24, 2.45) is 5.41 Å². The number of carbonyl (C=O) groups excluding carboxylic acids is 1. The highest BCUT2D eigenvalue weighted by Gasteiger charge is 2.32. The summed E-state index contributed by atoms with van der Waals surface area (Å²) < 4.78 is 5.90. The van der Waals surface area contributed by atoms with E-state index in [1.54, 1.807) is 0 Å². The van der Waals surface area contributed by atoms with E-state index in [4.69, 9.17) is 4.74 Å². The molecule has 3 heteroatoms. The lowest BCUT2D eigenvalue weighted by Gasteiger charge is -2.28. The minimum absolute atomic E-state index is 0.106. The molecule has 0 N–H and O–H groups in total. The molecule has 0 aromatic heterocycles. The SMILES string of the molecule is CC(C)(C)C(=O)C1=C(/C(=C/[Si](C)(C)C)c2ccccc2)CCCO1. The van der Waals surface area contributed by atoms with E-state index in [-0.39, 0.29) is 5.78 Å². The van der Waals surface area contributed by atoms with Gasteiger partial charge in [-0.05, 0) is 24.0 Å². The van der Waals surface area contributed by atoms with Gasteiger partial charge in [0.1, 0.15) is 0 Å². The summed E-state index contributed by atoms with van der Waals surface area (Å²) in [6.07, 6.45) is 1.87. The van der Waals surface area contributed by atoms with Gasteiger partial charge in [-0.15, -0.1) is 0 Å². The first kappa shape index (κ1) is 18.7. The van der Waals surface area contributed by atoms with Crippen LogP contribution in [0.15, 0.2) is 47.4 Å². The van der Waals surface area contributed by atoms with Crippen LogP contribution in [0, 0.1) is 5.41 Å². The van der Waals surface area contributed by atoms with Crippen molar-refractivity contribution in [2.45, 2.75) is 53.3 Å². The minimum Gasteiger partial charge on any atom is -0.490 e. The van der Waals surface area contributed by atoms with Crippen LogP contribution in [0.1, 0.15) is 39.2 Å². The number of hydrogen-bond donors (Lipinski definition) is 0. The number of rotatable bonds is 4. The van der Waals surface area contributed by atoms with Gasteiger partial charge in [0.15, 0.2) is 5.76 Å². The van der Waals surface area contributed by atoms with Gasteiger partial charge in [0.05, 0.1) is 14.7 Å². The van der Waals surface area contributed by atoms with Gasteiger partial charge in [-0.3, -0.25) is 4.79 Å². The molecule has 0 aliphatic carbocycles. The Morgan fingerprint density at radius 3 is 2.29 bits per heavy atom. The van der Waals surface area contributed by atoms with E-state index in [1.807, 2.05) is 26.8 Å². The zero-order chi connectivity index (χ0) is 18.0. The van der Waals surface area contributed by atoms with Gasteiger partial charge in [-0.1, -0.05) is 76.4 Å². The molecule has 0 bridgehead atoms. The van der Waals surface area contributed by atoms with E-state index in [2.05, 4.69) is 49.6 Å². The topological polar surface area (TPSA) is 26.3 Å². The van der Waals surface area contributed by atoms with E-state index in [1.165, 1.54) is 11.1 Å². The molecule has 0 radical (unpaired) electrons. The molecule has 1 aromatic carbocycles. The van der Waals surface area contributed by atoms with Crippen LogP contribution in [-0.4, -0.2) is 20.5 Å². The molecule has 1 aromatic rings. The van der Waals surface area contributed by atoms with Crippen LogP contribution in [0.5, 0.6) is 0 Å². The van der Waals surface area contributed by atoms with Crippen molar-refractivity contribution in [2.75, 3.05) is 6.61 Å². The largest absolute Gasteiger partial charge is 0.490 e. The van der Waals surface area contributed by atoms with Gasteiger partial charge >= 0.3 is 0 Å². The van der Waals surface area contributed by atoms with Gasteiger partial charge in [0.2, 0.25) is 5.78 Å². The summed E-state index contributed by atoms with van der Waals surface area (Å²) in [6.45, 7) is 13.5. The van der Waals surface area contributed by atoms with Crippen molar-refractivity contribution in [3.63, 3.8) is 0 Å². The predicted octanol–water partition coefficient (Wildman–Crippen LogP) is 5.63. The number of carbonyl (C=O) groups is 1. The first-order valence-corrected chi connectivity index (χ1v) is 12.4. The van der Waals surface area contributed by atoms with E-state index in [9.17, 15) is 4.79 Å². The molecule has 2 rings (SSSR count).